The lowest BCUT2D eigenvalue weighted by Gasteiger charge is -2.60. The van der Waals surface area contributed by atoms with E-state index in [4.69, 9.17) is 24.7 Å². The van der Waals surface area contributed by atoms with E-state index in [0.29, 0.717) is 0 Å². The fourth-order valence-corrected chi connectivity index (χ4v) is 4.96. The second kappa shape index (κ2) is 11.1. The maximum Gasteiger partial charge on any atom is 0.253 e. The summed E-state index contributed by atoms with van der Waals surface area (Å²) in [5, 5.41) is 124. The van der Waals surface area contributed by atoms with E-state index in [1.54, 1.807) is 0 Å². The number of hydrogen-bond acceptors (Lipinski definition) is 18. The molecule has 5 unspecified atom stereocenters. The number of carbonyl (C=O) groups excluding carboxylic acids is 1. The molecule has 14 N–H and O–H groups in total. The molecule has 3 aliphatic rings. The first-order chi connectivity index (χ1) is 17.6. The summed E-state index contributed by atoms with van der Waals surface area (Å²) in [5.41, 5.74) is 2.78. The normalized spacial score (nSPS) is 54.1. The molecule has 0 aromatic carbocycles. The highest BCUT2D eigenvalue weighted by Gasteiger charge is 2.77. The fraction of sp³-hybridized carbons (Fsp3) is 0.950. The molecule has 18 heteroatoms. The third-order valence-electron chi connectivity index (χ3n) is 7.38. The Hall–Kier alpha value is -1.01. The predicted molar refractivity (Wildman–Crippen MR) is 114 cm³/mol. The van der Waals surface area contributed by atoms with Gasteiger partial charge in [0, 0.05) is 0 Å². The standard InChI is InChI=1S/C20H35NO17/c1-5(25)18(21)15(31)10(27)7(3-23)38-20(18,34)19(33)16(32)13(30)14(8(4-24)37-19)36-17-12(29)11(28)9(26)6(2-22)35-17/h6-17,22-24,26-34H,2-4,21H2,1H3/t6-,7-,8-,9?,10-,11?,12?,13+,14-,15+,16+,17?,18-,19?,20+/m1/s1. The molecule has 15 atom stereocenters. The van der Waals surface area contributed by atoms with Gasteiger partial charge < -0.3 is 86.0 Å². The van der Waals surface area contributed by atoms with Gasteiger partial charge in [-0.3, -0.25) is 4.79 Å². The molecule has 222 valence electrons. The number of Topliss-reactive ketones (excluding diaryl/α,β-unsaturated/α-hetero) is 1. The number of aliphatic hydroxyl groups is 12. The summed E-state index contributed by atoms with van der Waals surface area (Å²) < 4.78 is 20.9. The molecule has 0 amide bonds. The molecule has 38 heavy (non-hydrogen) atoms. The van der Waals surface area contributed by atoms with Crippen LogP contribution in [-0.2, 0) is 23.7 Å². The highest BCUT2D eigenvalue weighted by molar-refractivity contribution is 5.88. The molecule has 0 saturated carbocycles. The smallest absolute Gasteiger partial charge is 0.253 e. The lowest BCUT2D eigenvalue weighted by Crippen LogP contribution is -2.89. The summed E-state index contributed by atoms with van der Waals surface area (Å²) in [6.07, 6.45) is -24.4. The predicted octanol–water partition coefficient (Wildman–Crippen LogP) is -8.94. The van der Waals surface area contributed by atoms with Gasteiger partial charge in [-0.05, 0) is 6.92 Å². The molecule has 0 radical (unpaired) electrons. The summed E-state index contributed by atoms with van der Waals surface area (Å²) in [6.45, 7) is -2.37. The number of carbonyl (C=O) groups is 1. The van der Waals surface area contributed by atoms with Crippen LogP contribution in [0.2, 0.25) is 0 Å². The number of aliphatic hydroxyl groups excluding tert-OH is 10. The summed E-state index contributed by atoms with van der Waals surface area (Å²) >= 11 is 0. The van der Waals surface area contributed by atoms with Crippen molar-refractivity contribution in [3.8, 4) is 0 Å². The Balaban J connectivity index is 1.99. The van der Waals surface area contributed by atoms with Gasteiger partial charge in [0.15, 0.2) is 17.6 Å². The minimum Gasteiger partial charge on any atom is -0.394 e. The zero-order valence-electron chi connectivity index (χ0n) is 20.0. The van der Waals surface area contributed by atoms with E-state index in [9.17, 15) is 66.1 Å². The van der Waals surface area contributed by atoms with E-state index < -0.39 is 116 Å². The zero-order chi connectivity index (χ0) is 29.0. The zero-order valence-corrected chi connectivity index (χ0v) is 20.0. The molecule has 3 rings (SSSR count). The molecule has 3 fully saturated rings. The monoisotopic (exact) mass is 561 g/mol. The molecule has 18 nitrogen and oxygen atoms in total. The number of rotatable bonds is 7. The third kappa shape index (κ3) is 4.48. The largest absolute Gasteiger partial charge is 0.394 e. The van der Waals surface area contributed by atoms with Crippen LogP contribution < -0.4 is 5.73 Å². The van der Waals surface area contributed by atoms with Crippen LogP contribution in [0.4, 0.5) is 0 Å². The Morgan fingerprint density at radius 3 is 1.82 bits per heavy atom. The van der Waals surface area contributed by atoms with E-state index in [1.165, 1.54) is 0 Å². The maximum absolute atomic E-state index is 12.5. The van der Waals surface area contributed by atoms with Crippen LogP contribution in [0.3, 0.4) is 0 Å². The van der Waals surface area contributed by atoms with Gasteiger partial charge in [-0.25, -0.2) is 0 Å². The highest BCUT2D eigenvalue weighted by atomic mass is 16.8. The lowest BCUT2D eigenvalue weighted by atomic mass is 9.69. The summed E-state index contributed by atoms with van der Waals surface area (Å²) in [6, 6.07) is 0. The van der Waals surface area contributed by atoms with Gasteiger partial charge in [0.1, 0.15) is 67.1 Å². The molecule has 0 aromatic heterocycles. The molecular formula is C20H35NO17. The van der Waals surface area contributed by atoms with E-state index in [0.717, 1.165) is 6.92 Å². The van der Waals surface area contributed by atoms with Gasteiger partial charge in [-0.2, -0.15) is 0 Å². The fourth-order valence-electron chi connectivity index (χ4n) is 4.96. The quantitative estimate of drug-likeness (QED) is 0.137. The number of nitrogens with two attached hydrogens (primary N) is 1. The average Bonchev–Trinajstić information content (AvgIpc) is 2.89. The minimum atomic E-state index is -3.69. The van der Waals surface area contributed by atoms with E-state index in [1.807, 2.05) is 0 Å². The Morgan fingerprint density at radius 2 is 1.32 bits per heavy atom. The topological polar surface area (TPSA) is 323 Å². The first-order valence-electron chi connectivity index (χ1n) is 11.6. The van der Waals surface area contributed by atoms with Crippen molar-refractivity contribution in [3.63, 3.8) is 0 Å². The molecule has 0 bridgehead atoms. The summed E-state index contributed by atoms with van der Waals surface area (Å²) in [4.78, 5) is 12.5. The third-order valence-corrected chi connectivity index (χ3v) is 7.38. The van der Waals surface area contributed by atoms with Crippen molar-refractivity contribution in [3.05, 3.63) is 0 Å². The average molecular weight is 561 g/mol. The van der Waals surface area contributed by atoms with Crippen molar-refractivity contribution in [2.45, 2.75) is 97.5 Å². The first-order valence-corrected chi connectivity index (χ1v) is 11.6. The molecule has 3 heterocycles. The van der Waals surface area contributed by atoms with E-state index >= 15 is 0 Å². The summed E-state index contributed by atoms with van der Waals surface area (Å²) in [5.74, 6) is -8.66. The van der Waals surface area contributed by atoms with Gasteiger partial charge in [0.05, 0.1) is 19.8 Å². The van der Waals surface area contributed by atoms with Crippen molar-refractivity contribution in [2.75, 3.05) is 19.8 Å². The van der Waals surface area contributed by atoms with Crippen LogP contribution in [0, 0.1) is 0 Å². The maximum atomic E-state index is 12.5. The van der Waals surface area contributed by atoms with Crippen molar-refractivity contribution in [1.82, 2.24) is 0 Å². The van der Waals surface area contributed by atoms with Crippen LogP contribution in [0.25, 0.3) is 0 Å². The van der Waals surface area contributed by atoms with Gasteiger partial charge in [-0.1, -0.05) is 0 Å². The molecular weight excluding hydrogens is 526 g/mol. The van der Waals surface area contributed by atoms with Gasteiger partial charge in [0.25, 0.3) is 11.6 Å². The second-order valence-electron chi connectivity index (χ2n) is 9.61. The Bertz CT molecular complexity index is 848. The Labute approximate surface area is 214 Å². The van der Waals surface area contributed by atoms with Crippen LogP contribution in [-0.4, -0.2) is 177 Å². The molecule has 0 aliphatic carbocycles. The van der Waals surface area contributed by atoms with Crippen molar-refractivity contribution < 1.29 is 85.0 Å². The van der Waals surface area contributed by atoms with E-state index in [2.05, 4.69) is 0 Å². The van der Waals surface area contributed by atoms with Crippen molar-refractivity contribution >= 4 is 5.78 Å². The molecule has 3 aliphatic heterocycles. The number of ketones is 1. The van der Waals surface area contributed by atoms with Crippen LogP contribution in [0.5, 0.6) is 0 Å². The Kier molecular flexibility index (Phi) is 9.21. The SMILES string of the molecule is CC(=O)[C@@]1(N)[C@@H](O)[C@H](O)[C@@H](CO)O[C@]1(O)C1(O)O[C@H](CO)[C@@H](OC2O[C@H](CO)C(O)C(O)C2O)[C@H](O)[C@@H]1O. The van der Waals surface area contributed by atoms with Gasteiger partial charge in [-0.15, -0.1) is 0 Å². The Morgan fingerprint density at radius 1 is 0.763 bits per heavy atom. The van der Waals surface area contributed by atoms with Gasteiger partial charge >= 0.3 is 0 Å². The molecule has 0 spiro atoms. The van der Waals surface area contributed by atoms with Crippen LogP contribution in [0.15, 0.2) is 0 Å². The lowest BCUT2D eigenvalue weighted by molar-refractivity contribution is -0.488. The molecule has 0 aromatic rings. The minimum absolute atomic E-state index is 0.729. The summed E-state index contributed by atoms with van der Waals surface area (Å²) in [7, 11) is 0. The van der Waals surface area contributed by atoms with Gasteiger partial charge in [0.2, 0.25) is 0 Å². The van der Waals surface area contributed by atoms with Crippen molar-refractivity contribution in [1.29, 1.82) is 0 Å². The first kappa shape index (κ1) is 31.5. The van der Waals surface area contributed by atoms with Crippen molar-refractivity contribution in [2.24, 2.45) is 5.73 Å². The molecule has 3 saturated heterocycles. The second-order valence-corrected chi connectivity index (χ2v) is 9.61. The van der Waals surface area contributed by atoms with Crippen LogP contribution >= 0.6 is 0 Å². The van der Waals surface area contributed by atoms with Crippen LogP contribution in [0.1, 0.15) is 6.92 Å². The number of hydrogen-bond donors (Lipinski definition) is 13. The number of ether oxygens (including phenoxy) is 4. The van der Waals surface area contributed by atoms with E-state index in [-0.39, 0.29) is 0 Å². The highest BCUT2D eigenvalue weighted by Crippen LogP contribution is 2.48.